The van der Waals surface area contributed by atoms with Crippen LogP contribution >= 0.6 is 0 Å². The van der Waals surface area contributed by atoms with Crippen molar-refractivity contribution < 1.29 is 28.6 Å². The Balaban J connectivity index is 1.32. The predicted molar refractivity (Wildman–Crippen MR) is 130 cm³/mol. The van der Waals surface area contributed by atoms with Crippen LogP contribution in [0.25, 0.3) is 0 Å². The molecule has 0 saturated heterocycles. The molecular weight excluding hydrogens is 446 g/mol. The largest absolute Gasteiger partial charge is 0.486 e. The average molecular weight is 474 g/mol. The van der Waals surface area contributed by atoms with E-state index in [0.717, 1.165) is 16.7 Å². The highest BCUT2D eigenvalue weighted by Crippen LogP contribution is 2.30. The molecule has 0 aliphatic carbocycles. The van der Waals surface area contributed by atoms with Gasteiger partial charge in [0, 0.05) is 17.7 Å². The zero-order valence-corrected chi connectivity index (χ0v) is 19.8. The molecule has 1 aliphatic heterocycles. The van der Waals surface area contributed by atoms with Crippen molar-refractivity contribution in [1.29, 1.82) is 0 Å². The number of esters is 1. The molecule has 7 nitrogen and oxygen atoms in total. The molecule has 0 bridgehead atoms. The number of ketones is 1. The van der Waals surface area contributed by atoms with Gasteiger partial charge in [0.1, 0.15) is 13.2 Å². The lowest BCUT2D eigenvalue weighted by atomic mass is 9.94. The number of amides is 1. The maximum absolute atomic E-state index is 13.1. The summed E-state index contributed by atoms with van der Waals surface area (Å²) in [4.78, 5) is 38.1. The molecule has 0 atom stereocenters. The lowest BCUT2D eigenvalue weighted by Gasteiger charge is -2.18. The van der Waals surface area contributed by atoms with Gasteiger partial charge in [-0.2, -0.15) is 0 Å². The summed E-state index contributed by atoms with van der Waals surface area (Å²) in [5.41, 5.74) is 3.66. The van der Waals surface area contributed by atoms with E-state index in [-0.39, 0.29) is 16.9 Å². The van der Waals surface area contributed by atoms with Crippen LogP contribution in [-0.4, -0.2) is 44.0 Å². The molecule has 0 aromatic heterocycles. The summed E-state index contributed by atoms with van der Waals surface area (Å²) < 4.78 is 16.3. The van der Waals surface area contributed by atoms with E-state index < -0.39 is 18.5 Å². The smallest absolute Gasteiger partial charge is 0.339 e. The Kier molecular flexibility index (Phi) is 7.45. The highest BCUT2D eigenvalue weighted by Gasteiger charge is 2.21. The van der Waals surface area contributed by atoms with Gasteiger partial charge in [-0.05, 0) is 55.7 Å². The molecule has 1 N–H and O–H groups in total. The fraction of sp³-hybridized carbons (Fsp3) is 0.250. The Morgan fingerprint density at radius 1 is 0.857 bits per heavy atom. The van der Waals surface area contributed by atoms with Crippen LogP contribution in [0.3, 0.4) is 0 Å². The third kappa shape index (κ3) is 5.87. The lowest BCUT2D eigenvalue weighted by molar-refractivity contribution is -0.124. The number of rotatable bonds is 8. The molecule has 0 saturated carbocycles. The number of hydrogen-bond acceptors (Lipinski definition) is 6. The Morgan fingerprint density at radius 3 is 2.40 bits per heavy atom. The molecule has 7 heteroatoms. The SMILES string of the molecule is Cc1ccc(C)c(C(=O)c2ccccc2C(=O)OCC(=O)NCCc2ccc3c(c2)OCCO3)c1. The Labute approximate surface area is 204 Å². The minimum absolute atomic E-state index is 0.127. The van der Waals surface area contributed by atoms with Crippen molar-refractivity contribution >= 4 is 17.7 Å². The zero-order valence-electron chi connectivity index (χ0n) is 19.8. The maximum Gasteiger partial charge on any atom is 0.339 e. The van der Waals surface area contributed by atoms with Crippen molar-refractivity contribution in [1.82, 2.24) is 5.32 Å². The molecule has 0 radical (unpaired) electrons. The maximum atomic E-state index is 13.1. The molecule has 35 heavy (non-hydrogen) atoms. The highest BCUT2D eigenvalue weighted by molar-refractivity contribution is 6.15. The summed E-state index contributed by atoms with van der Waals surface area (Å²) in [5.74, 6) is 0.00782. The summed E-state index contributed by atoms with van der Waals surface area (Å²) in [6.07, 6.45) is 0.587. The van der Waals surface area contributed by atoms with Gasteiger partial charge in [0.2, 0.25) is 0 Å². The Bertz CT molecular complexity index is 1270. The third-order valence-corrected chi connectivity index (χ3v) is 5.71. The molecular formula is C28H27NO6. The number of carbonyl (C=O) groups excluding carboxylic acids is 3. The number of benzene rings is 3. The van der Waals surface area contributed by atoms with Crippen LogP contribution in [0.1, 0.15) is 43.0 Å². The number of fused-ring (bicyclic) bond motifs is 1. The molecule has 0 fully saturated rings. The number of nitrogens with one attached hydrogen (secondary N) is 1. The quantitative estimate of drug-likeness (QED) is 0.395. The standard InChI is InChI=1S/C28H27NO6/c1-18-7-8-19(2)23(15-18)27(31)21-5-3-4-6-22(21)28(32)35-17-26(30)29-12-11-20-9-10-24-25(16-20)34-14-13-33-24/h3-10,15-16H,11-14,17H2,1-2H3,(H,29,30). The number of aryl methyl sites for hydroxylation is 2. The summed E-state index contributed by atoms with van der Waals surface area (Å²) >= 11 is 0. The second kappa shape index (κ2) is 10.9. The zero-order chi connectivity index (χ0) is 24.8. The van der Waals surface area contributed by atoms with Crippen LogP contribution in [0.4, 0.5) is 0 Å². The van der Waals surface area contributed by atoms with Gasteiger partial charge in [-0.15, -0.1) is 0 Å². The summed E-state index contributed by atoms with van der Waals surface area (Å²) in [6.45, 7) is 4.73. The van der Waals surface area contributed by atoms with Crippen LogP contribution < -0.4 is 14.8 Å². The molecule has 180 valence electrons. The number of carbonyl (C=O) groups is 3. The first kappa shape index (κ1) is 24.0. The Hall–Kier alpha value is -4.13. The van der Waals surface area contributed by atoms with Crippen LogP contribution in [0.2, 0.25) is 0 Å². The van der Waals surface area contributed by atoms with E-state index >= 15 is 0 Å². The molecule has 3 aromatic rings. The van der Waals surface area contributed by atoms with Crippen LogP contribution in [0.15, 0.2) is 60.7 Å². The van der Waals surface area contributed by atoms with Crippen molar-refractivity contribution in [2.45, 2.75) is 20.3 Å². The molecule has 0 unspecified atom stereocenters. The van der Waals surface area contributed by atoms with Gasteiger partial charge in [-0.25, -0.2) is 4.79 Å². The van der Waals surface area contributed by atoms with Crippen molar-refractivity contribution in [2.24, 2.45) is 0 Å². The van der Waals surface area contributed by atoms with E-state index in [9.17, 15) is 14.4 Å². The van der Waals surface area contributed by atoms with Crippen LogP contribution in [0.5, 0.6) is 11.5 Å². The van der Waals surface area contributed by atoms with E-state index in [4.69, 9.17) is 14.2 Å². The summed E-state index contributed by atoms with van der Waals surface area (Å²) in [6, 6.07) is 17.7. The fourth-order valence-electron chi connectivity index (χ4n) is 3.83. The average Bonchev–Trinajstić information content (AvgIpc) is 2.88. The van der Waals surface area contributed by atoms with Gasteiger partial charge < -0.3 is 19.5 Å². The minimum atomic E-state index is -0.721. The van der Waals surface area contributed by atoms with Crippen LogP contribution in [0, 0.1) is 13.8 Å². The summed E-state index contributed by atoms with van der Waals surface area (Å²) in [5, 5.41) is 2.74. The minimum Gasteiger partial charge on any atom is -0.486 e. The monoisotopic (exact) mass is 473 g/mol. The number of ether oxygens (including phenoxy) is 3. The van der Waals surface area contributed by atoms with Gasteiger partial charge in [-0.3, -0.25) is 9.59 Å². The molecule has 4 rings (SSSR count). The van der Waals surface area contributed by atoms with Crippen molar-refractivity contribution in [3.05, 3.63) is 94.0 Å². The second-order valence-electron chi connectivity index (χ2n) is 8.35. The molecule has 1 heterocycles. The van der Waals surface area contributed by atoms with E-state index in [1.54, 1.807) is 24.3 Å². The van der Waals surface area contributed by atoms with Crippen molar-refractivity contribution in [2.75, 3.05) is 26.4 Å². The fourth-order valence-corrected chi connectivity index (χ4v) is 3.83. The highest BCUT2D eigenvalue weighted by atomic mass is 16.6. The molecule has 1 aliphatic rings. The Morgan fingerprint density at radius 2 is 1.60 bits per heavy atom. The lowest BCUT2D eigenvalue weighted by Crippen LogP contribution is -2.30. The van der Waals surface area contributed by atoms with E-state index in [0.29, 0.717) is 43.2 Å². The van der Waals surface area contributed by atoms with Crippen LogP contribution in [-0.2, 0) is 16.0 Å². The molecule has 1 amide bonds. The first-order valence-electron chi connectivity index (χ1n) is 11.5. The predicted octanol–water partition coefficient (Wildman–Crippen LogP) is 3.82. The molecule has 0 spiro atoms. The van der Waals surface area contributed by atoms with Gasteiger partial charge in [-0.1, -0.05) is 42.0 Å². The normalized spacial score (nSPS) is 12.1. The van der Waals surface area contributed by atoms with Gasteiger partial charge >= 0.3 is 5.97 Å². The van der Waals surface area contributed by atoms with Crippen molar-refractivity contribution in [3.8, 4) is 11.5 Å². The molecule has 3 aromatic carbocycles. The summed E-state index contributed by atoms with van der Waals surface area (Å²) in [7, 11) is 0. The second-order valence-corrected chi connectivity index (χ2v) is 8.35. The van der Waals surface area contributed by atoms with Gasteiger partial charge in [0.05, 0.1) is 5.56 Å². The van der Waals surface area contributed by atoms with E-state index in [1.807, 2.05) is 44.2 Å². The first-order chi connectivity index (χ1) is 16.9. The topological polar surface area (TPSA) is 90.9 Å². The van der Waals surface area contributed by atoms with E-state index in [2.05, 4.69) is 5.32 Å². The van der Waals surface area contributed by atoms with Gasteiger partial charge in [0.25, 0.3) is 5.91 Å². The first-order valence-corrected chi connectivity index (χ1v) is 11.5. The third-order valence-electron chi connectivity index (χ3n) is 5.71. The van der Waals surface area contributed by atoms with E-state index in [1.165, 1.54) is 6.07 Å². The van der Waals surface area contributed by atoms with Gasteiger partial charge in [0.15, 0.2) is 23.9 Å². The van der Waals surface area contributed by atoms with Crippen molar-refractivity contribution in [3.63, 3.8) is 0 Å². The number of hydrogen-bond donors (Lipinski definition) is 1.